The van der Waals surface area contributed by atoms with Gasteiger partial charge in [0.1, 0.15) is 5.69 Å². The first-order valence-electron chi connectivity index (χ1n) is 8.29. The smallest absolute Gasteiger partial charge is 0.350 e. The van der Waals surface area contributed by atoms with Gasteiger partial charge in [-0.05, 0) is 44.2 Å². The maximum atomic E-state index is 12.9. The van der Waals surface area contributed by atoms with Gasteiger partial charge in [-0.25, -0.2) is 8.42 Å². The minimum absolute atomic E-state index is 0.240. The molecule has 0 saturated carbocycles. The number of aromatic nitrogens is 1. The van der Waals surface area contributed by atoms with Crippen molar-refractivity contribution in [1.82, 2.24) is 10.3 Å². The van der Waals surface area contributed by atoms with E-state index in [4.69, 9.17) is 0 Å². The lowest BCUT2D eigenvalue weighted by molar-refractivity contribution is -0.141. The van der Waals surface area contributed by atoms with Crippen molar-refractivity contribution < 1.29 is 39.6 Å². The molecular formula is C18H16F6N2O3S. The van der Waals surface area contributed by atoms with Gasteiger partial charge in [0.2, 0.25) is 0 Å². The monoisotopic (exact) mass is 454 g/mol. The topological polar surface area (TPSA) is 76.1 Å². The summed E-state index contributed by atoms with van der Waals surface area (Å²) in [6, 6.07) is 4.66. The fourth-order valence-corrected chi connectivity index (χ4v) is 3.78. The summed E-state index contributed by atoms with van der Waals surface area (Å²) >= 11 is 0. The first-order chi connectivity index (χ1) is 13.6. The number of benzene rings is 1. The molecule has 0 aliphatic rings. The Morgan fingerprint density at radius 1 is 1.00 bits per heavy atom. The van der Waals surface area contributed by atoms with Crippen LogP contribution in [0.15, 0.2) is 47.5 Å². The Morgan fingerprint density at radius 3 is 2.13 bits per heavy atom. The Labute approximate surface area is 168 Å². The molecule has 0 atom stereocenters. The Balaban J connectivity index is 2.18. The van der Waals surface area contributed by atoms with Crippen molar-refractivity contribution in [3.05, 3.63) is 59.4 Å². The van der Waals surface area contributed by atoms with Gasteiger partial charge in [0, 0.05) is 12.7 Å². The highest BCUT2D eigenvalue weighted by atomic mass is 32.2. The Hall–Kier alpha value is -2.63. The number of sulfone groups is 1. The van der Waals surface area contributed by atoms with Crippen LogP contribution < -0.4 is 5.32 Å². The summed E-state index contributed by atoms with van der Waals surface area (Å²) in [6.07, 6.45) is -8.73. The summed E-state index contributed by atoms with van der Waals surface area (Å²) in [5, 5.41) is 2.26. The molecule has 2 rings (SSSR count). The Morgan fingerprint density at radius 2 is 1.63 bits per heavy atom. The molecule has 0 spiro atoms. The molecule has 0 aliphatic carbocycles. The van der Waals surface area contributed by atoms with Crippen LogP contribution in [0, 0.1) is 0 Å². The number of pyridine rings is 1. The molecule has 2 aromatic rings. The van der Waals surface area contributed by atoms with Crippen LogP contribution in [0.25, 0.3) is 0 Å². The number of hydrogen-bond donors (Lipinski definition) is 1. The van der Waals surface area contributed by atoms with Gasteiger partial charge in [0.05, 0.1) is 20.8 Å². The van der Waals surface area contributed by atoms with Crippen LogP contribution in [-0.4, -0.2) is 30.6 Å². The fraction of sp³-hybridized carbons (Fsp3) is 0.333. The number of hydrogen-bond acceptors (Lipinski definition) is 4. The number of alkyl halides is 6. The lowest BCUT2D eigenvalue weighted by Crippen LogP contribution is -2.44. The molecule has 1 N–H and O–H groups in total. The number of amides is 1. The average Bonchev–Trinajstić information content (AvgIpc) is 2.65. The zero-order valence-electron chi connectivity index (χ0n) is 15.6. The van der Waals surface area contributed by atoms with E-state index in [-0.39, 0.29) is 5.56 Å². The SMILES string of the molecule is CC(C)(CNC(=O)c1ccc(C(F)(F)F)nc1)S(=O)(=O)c1cccc(C(F)(F)F)c1. The third kappa shape index (κ3) is 5.10. The largest absolute Gasteiger partial charge is 0.433 e. The Kier molecular flexibility index (Phi) is 6.22. The van der Waals surface area contributed by atoms with E-state index in [0.717, 1.165) is 24.3 Å². The molecule has 1 heterocycles. The number of nitrogens with zero attached hydrogens (tertiary/aromatic N) is 1. The van der Waals surface area contributed by atoms with Crippen molar-refractivity contribution in [1.29, 1.82) is 0 Å². The van der Waals surface area contributed by atoms with Crippen molar-refractivity contribution in [3.63, 3.8) is 0 Å². The van der Waals surface area contributed by atoms with Crippen LogP contribution in [0.2, 0.25) is 0 Å². The molecule has 0 bridgehead atoms. The molecule has 0 fully saturated rings. The molecule has 30 heavy (non-hydrogen) atoms. The van der Waals surface area contributed by atoms with Crippen LogP contribution in [-0.2, 0) is 22.2 Å². The van der Waals surface area contributed by atoms with Gasteiger partial charge >= 0.3 is 12.4 Å². The summed E-state index contributed by atoms with van der Waals surface area (Å²) in [7, 11) is -4.30. The molecule has 0 unspecified atom stereocenters. The first-order valence-corrected chi connectivity index (χ1v) is 9.77. The second kappa shape index (κ2) is 7.89. The van der Waals surface area contributed by atoms with E-state index in [9.17, 15) is 39.6 Å². The van der Waals surface area contributed by atoms with Gasteiger partial charge in [0.25, 0.3) is 5.91 Å². The summed E-state index contributed by atoms with van der Waals surface area (Å²) in [4.78, 5) is 14.7. The summed E-state index contributed by atoms with van der Waals surface area (Å²) in [6.45, 7) is 1.90. The maximum Gasteiger partial charge on any atom is 0.433 e. The van der Waals surface area contributed by atoms with Gasteiger partial charge in [-0.3, -0.25) is 9.78 Å². The fourth-order valence-electron chi connectivity index (χ4n) is 2.34. The van der Waals surface area contributed by atoms with Gasteiger partial charge in [-0.1, -0.05) is 6.07 Å². The van der Waals surface area contributed by atoms with E-state index in [0.29, 0.717) is 18.3 Å². The van der Waals surface area contributed by atoms with Crippen molar-refractivity contribution >= 4 is 15.7 Å². The lowest BCUT2D eigenvalue weighted by atomic mass is 10.2. The van der Waals surface area contributed by atoms with Crippen LogP contribution in [0.5, 0.6) is 0 Å². The molecule has 12 heteroatoms. The van der Waals surface area contributed by atoms with E-state index in [1.54, 1.807) is 0 Å². The summed E-state index contributed by atoms with van der Waals surface area (Å²) in [5.74, 6) is -0.886. The third-order valence-corrected chi connectivity index (χ3v) is 6.66. The predicted octanol–water partition coefficient (Wildman–Crippen LogP) is 4.10. The minimum Gasteiger partial charge on any atom is -0.350 e. The molecule has 164 valence electrons. The van der Waals surface area contributed by atoms with E-state index in [2.05, 4.69) is 10.3 Å². The zero-order valence-corrected chi connectivity index (χ0v) is 16.4. The van der Waals surface area contributed by atoms with Crippen LogP contribution in [0.3, 0.4) is 0 Å². The highest BCUT2D eigenvalue weighted by Gasteiger charge is 2.38. The molecule has 5 nitrogen and oxygen atoms in total. The molecule has 0 radical (unpaired) electrons. The molecular weight excluding hydrogens is 438 g/mol. The number of rotatable bonds is 5. The summed E-state index contributed by atoms with van der Waals surface area (Å²) < 4.78 is 100. The van der Waals surface area contributed by atoms with E-state index >= 15 is 0 Å². The van der Waals surface area contributed by atoms with Gasteiger partial charge < -0.3 is 5.32 Å². The molecule has 1 amide bonds. The van der Waals surface area contributed by atoms with Crippen molar-refractivity contribution in [2.45, 2.75) is 35.8 Å². The highest BCUT2D eigenvalue weighted by Crippen LogP contribution is 2.33. The van der Waals surface area contributed by atoms with Crippen LogP contribution in [0.4, 0.5) is 26.3 Å². The normalized spacial score (nSPS) is 13.2. The second-order valence-corrected chi connectivity index (χ2v) is 9.48. The van der Waals surface area contributed by atoms with Gasteiger partial charge in [-0.2, -0.15) is 26.3 Å². The van der Waals surface area contributed by atoms with Crippen molar-refractivity contribution in [3.8, 4) is 0 Å². The molecule has 1 aromatic heterocycles. The van der Waals surface area contributed by atoms with Crippen molar-refractivity contribution in [2.75, 3.05) is 6.54 Å². The molecule has 0 aliphatic heterocycles. The number of carbonyl (C=O) groups excluding carboxylic acids is 1. The van der Waals surface area contributed by atoms with Gasteiger partial charge in [0.15, 0.2) is 9.84 Å². The summed E-state index contributed by atoms with van der Waals surface area (Å²) in [5.41, 5.74) is -2.58. The first kappa shape index (κ1) is 23.6. The highest BCUT2D eigenvalue weighted by molar-refractivity contribution is 7.92. The quantitative estimate of drug-likeness (QED) is 0.691. The van der Waals surface area contributed by atoms with Crippen LogP contribution >= 0.6 is 0 Å². The third-order valence-electron chi connectivity index (χ3n) is 4.19. The van der Waals surface area contributed by atoms with Crippen LogP contribution in [0.1, 0.15) is 35.5 Å². The van der Waals surface area contributed by atoms with E-state index < -0.39 is 55.5 Å². The van der Waals surface area contributed by atoms with Crippen molar-refractivity contribution in [2.24, 2.45) is 0 Å². The van der Waals surface area contributed by atoms with E-state index in [1.165, 1.54) is 13.8 Å². The number of nitrogens with one attached hydrogen (secondary N) is 1. The minimum atomic E-state index is -4.74. The second-order valence-electron chi connectivity index (χ2n) is 6.90. The average molecular weight is 454 g/mol. The number of carbonyl (C=O) groups is 1. The number of halogens is 6. The predicted molar refractivity (Wildman–Crippen MR) is 94.3 cm³/mol. The van der Waals surface area contributed by atoms with Gasteiger partial charge in [-0.15, -0.1) is 0 Å². The maximum absolute atomic E-state index is 12.9. The Bertz CT molecular complexity index is 1030. The van der Waals surface area contributed by atoms with E-state index in [1.807, 2.05) is 0 Å². The standard InChI is InChI=1S/C18H16F6N2O3S/c1-16(2,30(28,29)13-5-3-4-12(8-13)17(19,20)21)10-26-15(27)11-6-7-14(25-9-11)18(22,23)24/h3-9H,10H2,1-2H3,(H,26,27). The molecule has 0 saturated heterocycles. The zero-order chi connectivity index (χ0) is 23.0. The molecule has 1 aromatic carbocycles. The lowest BCUT2D eigenvalue weighted by Gasteiger charge is -2.25.